The molecule has 5 nitrogen and oxygen atoms in total. The first kappa shape index (κ1) is 32.8. The van der Waals surface area contributed by atoms with E-state index in [2.05, 4.69) is 32.2 Å². The molecule has 0 atom stereocenters. The van der Waals surface area contributed by atoms with Crippen molar-refractivity contribution in [2.75, 3.05) is 34.3 Å². The number of halogens is 1. The lowest BCUT2D eigenvalue weighted by molar-refractivity contribution is -0.870. The Kier molecular flexibility index (Phi) is 25.5. The summed E-state index contributed by atoms with van der Waals surface area (Å²) in [6.07, 6.45) is 20.4. The predicted octanol–water partition coefficient (Wildman–Crippen LogP) is 3.00. The van der Waals surface area contributed by atoms with E-state index in [1.807, 2.05) is 0 Å². The molecule has 0 radical (unpaired) electrons. The molecule has 0 aliphatic rings. The normalized spacial score (nSPS) is 11.5. The highest BCUT2D eigenvalue weighted by Gasteiger charge is 2.04. The van der Waals surface area contributed by atoms with Crippen molar-refractivity contribution >= 4 is 10.4 Å². The zero-order valence-corrected chi connectivity index (χ0v) is 20.8. The van der Waals surface area contributed by atoms with Crippen molar-refractivity contribution in [3.8, 4) is 0 Å². The minimum Gasteiger partial charge on any atom is -1.00 e. The van der Waals surface area contributed by atoms with Gasteiger partial charge in [0, 0.05) is 0 Å². The molecule has 1 N–H and O–H groups in total. The maximum atomic E-state index is 9.56. The zero-order chi connectivity index (χ0) is 21.0. The zero-order valence-electron chi connectivity index (χ0n) is 19.2. The van der Waals surface area contributed by atoms with Crippen molar-refractivity contribution in [1.29, 1.82) is 0 Å². The van der Waals surface area contributed by atoms with Crippen LogP contribution in [0.5, 0.6) is 0 Å². The molecule has 0 heterocycles. The third-order valence-corrected chi connectivity index (χ3v) is 4.98. The topological polar surface area (TPSA) is 63.6 Å². The van der Waals surface area contributed by atoms with Crippen molar-refractivity contribution in [3.05, 3.63) is 0 Å². The molecule has 0 aliphatic heterocycles. The fraction of sp³-hybridized carbons (Fsp3) is 1.00. The summed E-state index contributed by atoms with van der Waals surface area (Å²) in [4.78, 5) is 0. The quantitative estimate of drug-likeness (QED) is 0.212. The smallest absolute Gasteiger partial charge is 0.397 e. The van der Waals surface area contributed by atoms with Crippen molar-refractivity contribution < 1.29 is 34.0 Å². The van der Waals surface area contributed by atoms with Crippen LogP contribution >= 0.6 is 0 Å². The third kappa shape index (κ3) is 37.0. The van der Waals surface area contributed by atoms with Gasteiger partial charge in [-0.2, -0.15) is 8.42 Å². The molecule has 0 aromatic rings. The maximum Gasteiger partial charge on any atom is 0.397 e. The lowest BCUT2D eigenvalue weighted by atomic mass is 10.0. The lowest BCUT2D eigenvalue weighted by Gasteiger charge is -2.23. The predicted molar refractivity (Wildman–Crippen MR) is 116 cm³/mol. The number of rotatable bonds is 17. The molecule has 0 aliphatic carbocycles. The molecule has 0 rings (SSSR count). The van der Waals surface area contributed by atoms with Crippen LogP contribution in [0, 0.1) is 0 Å². The molecule has 28 heavy (non-hydrogen) atoms. The molecule has 0 saturated heterocycles. The first-order valence-electron chi connectivity index (χ1n) is 11.0. The van der Waals surface area contributed by atoms with Crippen LogP contribution in [0.3, 0.4) is 0 Å². The van der Waals surface area contributed by atoms with Gasteiger partial charge in [-0.25, -0.2) is 4.18 Å². The van der Waals surface area contributed by atoms with Crippen LogP contribution in [0.25, 0.3) is 0 Å². The molecular formula is C21H48ClNO4S. The van der Waals surface area contributed by atoms with Gasteiger partial charge in [0.1, 0.15) is 0 Å². The molecule has 0 unspecified atom stereocenters. The van der Waals surface area contributed by atoms with Gasteiger partial charge in [0.15, 0.2) is 0 Å². The second kappa shape index (κ2) is 21.8. The van der Waals surface area contributed by atoms with Gasteiger partial charge >= 0.3 is 10.4 Å². The lowest BCUT2D eigenvalue weighted by Crippen LogP contribution is -3.00. The Morgan fingerprint density at radius 3 is 1.21 bits per heavy atom. The van der Waals surface area contributed by atoms with Crippen molar-refractivity contribution in [2.45, 2.75) is 104 Å². The summed E-state index contributed by atoms with van der Waals surface area (Å²) in [6, 6.07) is 0. The second-order valence-electron chi connectivity index (χ2n) is 8.44. The monoisotopic (exact) mass is 445 g/mol. The van der Waals surface area contributed by atoms with E-state index >= 15 is 0 Å². The summed E-state index contributed by atoms with van der Waals surface area (Å²) in [5.41, 5.74) is 0. The molecule has 7 heteroatoms. The van der Waals surface area contributed by atoms with Gasteiger partial charge in [0.25, 0.3) is 0 Å². The molecule has 0 amide bonds. The van der Waals surface area contributed by atoms with Gasteiger partial charge in [0.2, 0.25) is 0 Å². The van der Waals surface area contributed by atoms with E-state index in [9.17, 15) is 8.42 Å². The minimum absolute atomic E-state index is 0. The largest absolute Gasteiger partial charge is 1.00 e. The SMILES string of the molecule is CCCCCCCCCCCCCCCC[N+](C)(C)C.CCOS(=O)(=O)O.[Cl-]. The summed E-state index contributed by atoms with van der Waals surface area (Å²) in [7, 11) is 2.71. The minimum atomic E-state index is -4.17. The summed E-state index contributed by atoms with van der Waals surface area (Å²) >= 11 is 0. The van der Waals surface area contributed by atoms with Crippen LogP contribution in [-0.4, -0.2) is 51.7 Å². The van der Waals surface area contributed by atoms with Gasteiger partial charge in [-0.3, -0.25) is 4.55 Å². The van der Waals surface area contributed by atoms with Crippen LogP contribution in [-0.2, 0) is 14.6 Å². The van der Waals surface area contributed by atoms with E-state index in [0.29, 0.717) is 0 Å². The van der Waals surface area contributed by atoms with Crippen LogP contribution in [0.1, 0.15) is 104 Å². The van der Waals surface area contributed by atoms with Gasteiger partial charge < -0.3 is 16.9 Å². The van der Waals surface area contributed by atoms with Crippen molar-refractivity contribution in [3.63, 3.8) is 0 Å². The van der Waals surface area contributed by atoms with E-state index in [1.165, 1.54) is 103 Å². The Labute approximate surface area is 182 Å². The molecule has 0 spiro atoms. The Morgan fingerprint density at radius 2 is 1.00 bits per heavy atom. The molecule has 0 saturated carbocycles. The first-order chi connectivity index (χ1) is 12.6. The number of hydrogen-bond donors (Lipinski definition) is 1. The average Bonchev–Trinajstić information content (AvgIpc) is 2.53. The fourth-order valence-electron chi connectivity index (χ4n) is 2.93. The van der Waals surface area contributed by atoms with Crippen LogP contribution in [0.2, 0.25) is 0 Å². The Morgan fingerprint density at radius 1 is 0.679 bits per heavy atom. The first-order valence-corrected chi connectivity index (χ1v) is 12.4. The Hall–Kier alpha value is 0.120. The molecule has 0 aromatic carbocycles. The number of nitrogens with zero attached hydrogens (tertiary/aromatic N) is 1. The van der Waals surface area contributed by atoms with Crippen molar-refractivity contribution in [1.82, 2.24) is 0 Å². The van der Waals surface area contributed by atoms with Crippen LogP contribution in [0.4, 0.5) is 0 Å². The summed E-state index contributed by atoms with van der Waals surface area (Å²) in [5, 5.41) is 0. The van der Waals surface area contributed by atoms with Crippen LogP contribution in [0.15, 0.2) is 0 Å². The Balaban J connectivity index is -0.000000665. The van der Waals surface area contributed by atoms with E-state index in [4.69, 9.17) is 4.55 Å². The number of hydrogen-bond acceptors (Lipinski definition) is 3. The Bertz CT molecular complexity index is 398. The van der Waals surface area contributed by atoms with Crippen LogP contribution < -0.4 is 12.4 Å². The fourth-order valence-corrected chi connectivity index (χ4v) is 3.23. The molecule has 0 bridgehead atoms. The molecule has 174 valence electrons. The van der Waals surface area contributed by atoms with Gasteiger partial charge in [-0.1, -0.05) is 84.0 Å². The molecular weight excluding hydrogens is 398 g/mol. The average molecular weight is 446 g/mol. The highest BCUT2D eigenvalue weighted by Crippen LogP contribution is 2.13. The third-order valence-electron chi connectivity index (χ3n) is 4.45. The molecule has 0 fully saturated rings. The highest BCUT2D eigenvalue weighted by atomic mass is 35.5. The number of unbranched alkanes of at least 4 members (excludes halogenated alkanes) is 13. The summed E-state index contributed by atoms with van der Waals surface area (Å²) in [6.45, 7) is 5.06. The van der Waals surface area contributed by atoms with Gasteiger partial charge in [-0.15, -0.1) is 0 Å². The summed E-state index contributed by atoms with van der Waals surface area (Å²) in [5.74, 6) is 0. The second-order valence-corrected chi connectivity index (χ2v) is 9.54. The highest BCUT2D eigenvalue weighted by molar-refractivity contribution is 7.80. The van der Waals surface area contributed by atoms with E-state index in [1.54, 1.807) is 0 Å². The van der Waals surface area contributed by atoms with Gasteiger partial charge in [-0.05, 0) is 19.8 Å². The summed E-state index contributed by atoms with van der Waals surface area (Å²) < 4.78 is 31.8. The maximum absolute atomic E-state index is 9.56. The van der Waals surface area contributed by atoms with E-state index in [0.717, 1.165) is 4.48 Å². The van der Waals surface area contributed by atoms with Gasteiger partial charge in [0.05, 0.1) is 34.3 Å². The van der Waals surface area contributed by atoms with E-state index < -0.39 is 10.4 Å². The molecule has 0 aromatic heterocycles. The standard InChI is InChI=1S/C19H42N.C2H6O4S.ClH/c1-5-6-7-8-9-10-11-12-13-14-15-16-17-18-19-20(2,3)4;1-2-6-7(3,4)5;/h5-19H2,1-4H3;2H2,1H3,(H,3,4,5);1H/q+1;;/p-1. The van der Waals surface area contributed by atoms with E-state index in [-0.39, 0.29) is 19.0 Å². The van der Waals surface area contributed by atoms with Crippen molar-refractivity contribution in [2.24, 2.45) is 0 Å². The number of quaternary nitrogens is 1.